The van der Waals surface area contributed by atoms with Crippen LogP contribution in [-0.2, 0) is 4.79 Å². The SMILES string of the molecule is O=C(/C=C/c1ccccc1)Nc1ccccc1C(=O)NNC(=O)c1ccccc1. The molecule has 3 amide bonds. The van der Waals surface area contributed by atoms with Crippen molar-refractivity contribution >= 4 is 29.5 Å². The van der Waals surface area contributed by atoms with Gasteiger partial charge in [-0.05, 0) is 35.9 Å². The molecule has 0 aromatic heterocycles. The fraction of sp³-hybridized carbons (Fsp3) is 0. The van der Waals surface area contributed by atoms with E-state index >= 15 is 0 Å². The molecule has 0 fully saturated rings. The van der Waals surface area contributed by atoms with Crippen LogP contribution in [0.4, 0.5) is 5.69 Å². The van der Waals surface area contributed by atoms with E-state index in [9.17, 15) is 14.4 Å². The molecule has 3 rings (SSSR count). The third kappa shape index (κ3) is 5.64. The monoisotopic (exact) mass is 385 g/mol. The van der Waals surface area contributed by atoms with Crippen molar-refractivity contribution in [2.24, 2.45) is 0 Å². The number of amides is 3. The van der Waals surface area contributed by atoms with Crippen LogP contribution < -0.4 is 16.2 Å². The third-order valence-electron chi connectivity index (χ3n) is 3.98. The van der Waals surface area contributed by atoms with Gasteiger partial charge in [-0.3, -0.25) is 25.2 Å². The van der Waals surface area contributed by atoms with Crippen molar-refractivity contribution in [3.8, 4) is 0 Å². The number of carbonyl (C=O) groups excluding carboxylic acids is 3. The first-order valence-electron chi connectivity index (χ1n) is 8.92. The van der Waals surface area contributed by atoms with Crippen LogP contribution >= 0.6 is 0 Å². The molecule has 3 aromatic rings. The molecule has 0 spiro atoms. The van der Waals surface area contributed by atoms with Gasteiger partial charge in [0.15, 0.2) is 0 Å². The van der Waals surface area contributed by atoms with Crippen molar-refractivity contribution in [1.29, 1.82) is 0 Å². The lowest BCUT2D eigenvalue weighted by Crippen LogP contribution is -2.41. The zero-order valence-electron chi connectivity index (χ0n) is 15.5. The molecule has 0 saturated heterocycles. The standard InChI is InChI=1S/C23H19N3O3/c27-21(16-15-17-9-3-1-4-10-17)24-20-14-8-7-13-19(20)23(29)26-25-22(28)18-11-5-2-6-12-18/h1-16H,(H,24,27)(H,25,28)(H,26,29)/b16-15+. The molecule has 6 heteroatoms. The van der Waals surface area contributed by atoms with Crippen molar-refractivity contribution < 1.29 is 14.4 Å². The molecule has 6 nitrogen and oxygen atoms in total. The molecule has 0 aliphatic carbocycles. The number of nitrogens with one attached hydrogen (secondary N) is 3. The van der Waals surface area contributed by atoms with Crippen LogP contribution in [0, 0.1) is 0 Å². The highest BCUT2D eigenvalue weighted by Crippen LogP contribution is 2.15. The lowest BCUT2D eigenvalue weighted by atomic mass is 10.1. The maximum absolute atomic E-state index is 12.5. The normalized spacial score (nSPS) is 10.3. The van der Waals surface area contributed by atoms with Gasteiger partial charge >= 0.3 is 0 Å². The Morgan fingerprint density at radius 3 is 1.97 bits per heavy atom. The van der Waals surface area contributed by atoms with E-state index in [1.165, 1.54) is 6.08 Å². The molecule has 0 heterocycles. The summed E-state index contributed by atoms with van der Waals surface area (Å²) in [6.45, 7) is 0. The summed E-state index contributed by atoms with van der Waals surface area (Å²) in [7, 11) is 0. The summed E-state index contributed by atoms with van der Waals surface area (Å²) in [5, 5.41) is 2.68. The molecule has 0 saturated carbocycles. The van der Waals surface area contributed by atoms with Crippen LogP contribution in [0.15, 0.2) is 91.0 Å². The maximum Gasteiger partial charge on any atom is 0.271 e. The van der Waals surface area contributed by atoms with Crippen LogP contribution in [0.2, 0.25) is 0 Å². The minimum atomic E-state index is -0.544. The Balaban J connectivity index is 1.63. The molecule has 144 valence electrons. The number of para-hydroxylation sites is 1. The van der Waals surface area contributed by atoms with E-state index in [1.807, 2.05) is 30.3 Å². The minimum Gasteiger partial charge on any atom is -0.322 e. The van der Waals surface area contributed by atoms with Crippen molar-refractivity contribution in [2.45, 2.75) is 0 Å². The first-order valence-corrected chi connectivity index (χ1v) is 8.92. The van der Waals surface area contributed by atoms with Crippen LogP contribution in [0.1, 0.15) is 26.3 Å². The molecule has 3 N–H and O–H groups in total. The lowest BCUT2D eigenvalue weighted by Gasteiger charge is -2.11. The first kappa shape index (κ1) is 19.6. The van der Waals surface area contributed by atoms with Crippen LogP contribution in [0.25, 0.3) is 6.08 Å². The van der Waals surface area contributed by atoms with Crippen LogP contribution in [-0.4, -0.2) is 17.7 Å². The van der Waals surface area contributed by atoms with E-state index in [2.05, 4.69) is 16.2 Å². The van der Waals surface area contributed by atoms with Gasteiger partial charge in [0.05, 0.1) is 11.3 Å². The van der Waals surface area contributed by atoms with E-state index in [0.717, 1.165) is 5.56 Å². The summed E-state index contributed by atoms with van der Waals surface area (Å²) in [6, 6.07) is 24.5. The summed E-state index contributed by atoms with van der Waals surface area (Å²) in [4.78, 5) is 36.7. The second-order valence-electron chi connectivity index (χ2n) is 6.05. The van der Waals surface area contributed by atoms with Gasteiger partial charge in [-0.15, -0.1) is 0 Å². The van der Waals surface area contributed by atoms with E-state index in [4.69, 9.17) is 0 Å². The Morgan fingerprint density at radius 2 is 1.24 bits per heavy atom. The molecule has 29 heavy (non-hydrogen) atoms. The number of hydrazine groups is 1. The van der Waals surface area contributed by atoms with Crippen molar-refractivity contribution in [1.82, 2.24) is 10.9 Å². The number of hydrogen-bond donors (Lipinski definition) is 3. The number of hydrogen-bond acceptors (Lipinski definition) is 3. The van der Waals surface area contributed by atoms with Gasteiger partial charge in [0.25, 0.3) is 11.8 Å². The quantitative estimate of drug-likeness (QED) is 0.465. The van der Waals surface area contributed by atoms with Crippen molar-refractivity contribution in [3.05, 3.63) is 108 Å². The summed E-state index contributed by atoms with van der Waals surface area (Å²) in [6.07, 6.45) is 3.07. The number of rotatable bonds is 5. The third-order valence-corrected chi connectivity index (χ3v) is 3.98. The molecule has 0 aliphatic rings. The summed E-state index contributed by atoms with van der Waals surface area (Å²) in [5.74, 6) is -1.36. The second kappa shape index (κ2) is 9.66. The van der Waals surface area contributed by atoms with Crippen molar-refractivity contribution in [2.75, 3.05) is 5.32 Å². The number of anilines is 1. The van der Waals surface area contributed by atoms with Gasteiger partial charge in [0, 0.05) is 11.6 Å². The van der Waals surface area contributed by atoms with Crippen LogP contribution in [0.5, 0.6) is 0 Å². The zero-order valence-corrected chi connectivity index (χ0v) is 15.5. The summed E-state index contributed by atoms with van der Waals surface area (Å²) < 4.78 is 0. The lowest BCUT2D eigenvalue weighted by molar-refractivity contribution is -0.111. The zero-order chi connectivity index (χ0) is 20.5. The highest BCUT2D eigenvalue weighted by atomic mass is 16.2. The number of benzene rings is 3. The topological polar surface area (TPSA) is 87.3 Å². The van der Waals surface area contributed by atoms with Crippen LogP contribution in [0.3, 0.4) is 0 Å². The maximum atomic E-state index is 12.5. The molecular formula is C23H19N3O3. The molecular weight excluding hydrogens is 366 g/mol. The average Bonchev–Trinajstić information content (AvgIpc) is 2.77. The fourth-order valence-electron chi connectivity index (χ4n) is 2.54. The Bertz CT molecular complexity index is 1030. The fourth-order valence-corrected chi connectivity index (χ4v) is 2.54. The highest BCUT2D eigenvalue weighted by molar-refractivity contribution is 6.08. The molecule has 0 radical (unpaired) electrons. The van der Waals surface area contributed by atoms with Gasteiger partial charge in [0.2, 0.25) is 5.91 Å². The Labute approximate surface area is 168 Å². The van der Waals surface area contributed by atoms with E-state index < -0.39 is 11.8 Å². The highest BCUT2D eigenvalue weighted by Gasteiger charge is 2.13. The van der Waals surface area contributed by atoms with E-state index in [-0.39, 0.29) is 11.5 Å². The largest absolute Gasteiger partial charge is 0.322 e. The smallest absolute Gasteiger partial charge is 0.271 e. The molecule has 0 bridgehead atoms. The first-order chi connectivity index (χ1) is 14.1. The average molecular weight is 385 g/mol. The van der Waals surface area contributed by atoms with E-state index in [1.54, 1.807) is 60.7 Å². The Morgan fingerprint density at radius 1 is 0.655 bits per heavy atom. The molecule has 0 atom stereocenters. The minimum absolute atomic E-state index is 0.224. The Kier molecular flexibility index (Phi) is 6.52. The summed E-state index contributed by atoms with van der Waals surface area (Å²) in [5.41, 5.74) is 6.58. The second-order valence-corrected chi connectivity index (χ2v) is 6.05. The molecule has 3 aromatic carbocycles. The van der Waals surface area contributed by atoms with Crippen molar-refractivity contribution in [3.63, 3.8) is 0 Å². The molecule has 0 aliphatic heterocycles. The van der Waals surface area contributed by atoms with Gasteiger partial charge in [-0.2, -0.15) is 0 Å². The van der Waals surface area contributed by atoms with Gasteiger partial charge in [0.1, 0.15) is 0 Å². The Hall–Kier alpha value is -4.19. The predicted molar refractivity (Wildman–Crippen MR) is 112 cm³/mol. The summed E-state index contributed by atoms with van der Waals surface area (Å²) >= 11 is 0. The van der Waals surface area contributed by atoms with Gasteiger partial charge in [-0.1, -0.05) is 60.7 Å². The van der Waals surface area contributed by atoms with E-state index in [0.29, 0.717) is 11.3 Å². The number of carbonyl (C=O) groups is 3. The predicted octanol–water partition coefficient (Wildman–Crippen LogP) is 3.41. The van der Waals surface area contributed by atoms with Gasteiger partial charge in [-0.25, -0.2) is 0 Å². The molecule has 0 unspecified atom stereocenters. The van der Waals surface area contributed by atoms with Gasteiger partial charge < -0.3 is 5.32 Å².